The first-order valence-electron chi connectivity index (χ1n) is 5.99. The first-order chi connectivity index (χ1) is 8.84. The summed E-state index contributed by atoms with van der Waals surface area (Å²) in [6.45, 7) is 2.17. The van der Waals surface area contributed by atoms with Crippen LogP contribution >= 0.6 is 0 Å². The third kappa shape index (κ3) is 3.06. The molecule has 0 amide bonds. The number of rotatable bonds is 4. The molecule has 6 nitrogen and oxygen atoms in total. The Kier molecular flexibility index (Phi) is 3.82. The number of nitrogen functional groups attached to an aromatic ring is 1. The van der Waals surface area contributed by atoms with Gasteiger partial charge in [-0.05, 0) is 24.6 Å². The maximum atomic E-state index is 12.2. The van der Waals surface area contributed by atoms with Gasteiger partial charge < -0.3 is 15.6 Å². The van der Waals surface area contributed by atoms with Gasteiger partial charge in [0, 0.05) is 25.3 Å². The molecule has 4 N–H and O–H groups in total. The Morgan fingerprint density at radius 3 is 2.89 bits per heavy atom. The fourth-order valence-electron chi connectivity index (χ4n) is 1.97. The van der Waals surface area contributed by atoms with Crippen LogP contribution in [0.4, 0.5) is 5.69 Å². The molecule has 1 saturated heterocycles. The first-order valence-corrected chi connectivity index (χ1v) is 7.47. The third-order valence-electron chi connectivity index (χ3n) is 3.29. The summed E-state index contributed by atoms with van der Waals surface area (Å²) in [5.74, 6) is 0. The average molecular weight is 286 g/mol. The van der Waals surface area contributed by atoms with Crippen LogP contribution in [0.1, 0.15) is 12.0 Å². The van der Waals surface area contributed by atoms with Crippen molar-refractivity contribution in [3.63, 3.8) is 0 Å². The van der Waals surface area contributed by atoms with Crippen molar-refractivity contribution in [1.82, 2.24) is 4.72 Å². The van der Waals surface area contributed by atoms with Crippen molar-refractivity contribution in [3.8, 4) is 0 Å². The van der Waals surface area contributed by atoms with Gasteiger partial charge in [0.15, 0.2) is 0 Å². The molecule has 0 spiro atoms. The minimum atomic E-state index is -3.68. The third-order valence-corrected chi connectivity index (χ3v) is 4.83. The summed E-state index contributed by atoms with van der Waals surface area (Å²) in [6, 6.07) is 4.72. The zero-order chi connectivity index (χ0) is 14.1. The molecule has 2 rings (SSSR count). The van der Waals surface area contributed by atoms with Gasteiger partial charge in [-0.3, -0.25) is 0 Å². The highest BCUT2D eigenvalue weighted by molar-refractivity contribution is 7.89. The zero-order valence-corrected chi connectivity index (χ0v) is 11.5. The fourth-order valence-corrected chi connectivity index (χ4v) is 3.36. The molecular formula is C12H18N2O4S. The summed E-state index contributed by atoms with van der Waals surface area (Å²) < 4.78 is 31.9. The largest absolute Gasteiger partial charge is 0.398 e. The van der Waals surface area contributed by atoms with Gasteiger partial charge in [0.2, 0.25) is 10.0 Å². The molecule has 19 heavy (non-hydrogen) atoms. The zero-order valence-electron chi connectivity index (χ0n) is 10.7. The molecule has 1 heterocycles. The molecular weight excluding hydrogens is 268 g/mol. The molecule has 1 aromatic carbocycles. The van der Waals surface area contributed by atoms with Crippen molar-refractivity contribution in [3.05, 3.63) is 23.8 Å². The van der Waals surface area contributed by atoms with Crippen molar-refractivity contribution in [1.29, 1.82) is 0 Å². The van der Waals surface area contributed by atoms with Crippen molar-refractivity contribution in [2.24, 2.45) is 0 Å². The van der Waals surface area contributed by atoms with E-state index in [-0.39, 0.29) is 18.0 Å². The van der Waals surface area contributed by atoms with Crippen LogP contribution in [0.2, 0.25) is 0 Å². The smallest absolute Gasteiger partial charge is 0.241 e. The van der Waals surface area contributed by atoms with Crippen molar-refractivity contribution >= 4 is 15.7 Å². The van der Waals surface area contributed by atoms with E-state index in [1.165, 1.54) is 6.07 Å². The second kappa shape index (κ2) is 5.09. The predicted molar refractivity (Wildman–Crippen MR) is 71.2 cm³/mol. The van der Waals surface area contributed by atoms with E-state index in [0.29, 0.717) is 24.3 Å². The van der Waals surface area contributed by atoms with Gasteiger partial charge in [0.05, 0.1) is 11.5 Å². The summed E-state index contributed by atoms with van der Waals surface area (Å²) in [5, 5.41) is 10.0. The van der Waals surface area contributed by atoms with Crippen LogP contribution in [0.15, 0.2) is 23.1 Å². The maximum absolute atomic E-state index is 12.2. The maximum Gasteiger partial charge on any atom is 0.241 e. The highest BCUT2D eigenvalue weighted by Gasteiger charge is 2.33. The average Bonchev–Trinajstić information content (AvgIpc) is 2.78. The number of anilines is 1. The van der Waals surface area contributed by atoms with Crippen molar-refractivity contribution in [2.45, 2.75) is 23.8 Å². The molecule has 1 fully saturated rings. The van der Waals surface area contributed by atoms with E-state index in [0.717, 1.165) is 0 Å². The summed E-state index contributed by atoms with van der Waals surface area (Å²) in [6.07, 6.45) is 0.422. The number of nitrogens with one attached hydrogen (secondary N) is 1. The van der Waals surface area contributed by atoms with Crippen LogP contribution in [0.25, 0.3) is 0 Å². The Morgan fingerprint density at radius 2 is 2.26 bits per heavy atom. The molecule has 7 heteroatoms. The van der Waals surface area contributed by atoms with Gasteiger partial charge in [-0.25, -0.2) is 13.1 Å². The Bertz CT molecular complexity index is 565. The van der Waals surface area contributed by atoms with E-state index in [1.54, 1.807) is 19.1 Å². The van der Waals surface area contributed by atoms with Crippen LogP contribution < -0.4 is 10.5 Å². The second-order valence-corrected chi connectivity index (χ2v) is 6.56. The van der Waals surface area contributed by atoms with E-state index in [2.05, 4.69) is 4.72 Å². The van der Waals surface area contributed by atoms with E-state index in [1.807, 2.05) is 0 Å². The van der Waals surface area contributed by atoms with E-state index >= 15 is 0 Å². The number of hydrogen-bond acceptors (Lipinski definition) is 5. The second-order valence-electron chi connectivity index (χ2n) is 4.82. The monoisotopic (exact) mass is 286 g/mol. The van der Waals surface area contributed by atoms with Crippen LogP contribution in [-0.4, -0.2) is 38.9 Å². The number of hydrogen-bond donors (Lipinski definition) is 3. The Labute approximate surface area is 112 Å². The molecule has 1 aliphatic heterocycles. The molecule has 1 unspecified atom stereocenters. The van der Waals surface area contributed by atoms with Gasteiger partial charge in [-0.15, -0.1) is 0 Å². The molecule has 0 bridgehead atoms. The van der Waals surface area contributed by atoms with Crippen LogP contribution in [0.5, 0.6) is 0 Å². The molecule has 1 aliphatic rings. The summed E-state index contributed by atoms with van der Waals surface area (Å²) >= 11 is 0. The molecule has 1 aromatic rings. The number of ether oxygens (including phenoxy) is 1. The van der Waals surface area contributed by atoms with E-state index < -0.39 is 15.6 Å². The number of aliphatic hydroxyl groups is 1. The fraction of sp³-hybridized carbons (Fsp3) is 0.500. The topological polar surface area (TPSA) is 102 Å². The number of nitrogens with two attached hydrogens (primary N) is 1. The number of benzene rings is 1. The molecule has 1 atom stereocenters. The summed E-state index contributed by atoms with van der Waals surface area (Å²) in [4.78, 5) is 0.134. The molecule has 106 valence electrons. The minimum absolute atomic E-state index is 0.0659. The van der Waals surface area contributed by atoms with Crippen LogP contribution in [0.3, 0.4) is 0 Å². The Hall–Kier alpha value is -1.15. The molecule has 0 aliphatic carbocycles. The van der Waals surface area contributed by atoms with Gasteiger partial charge in [-0.2, -0.15) is 0 Å². The molecule has 0 aromatic heterocycles. The van der Waals surface area contributed by atoms with Crippen molar-refractivity contribution < 1.29 is 18.3 Å². The highest BCUT2D eigenvalue weighted by Crippen LogP contribution is 2.22. The van der Waals surface area contributed by atoms with Crippen LogP contribution in [0, 0.1) is 6.92 Å². The normalized spacial score (nSPS) is 23.7. The van der Waals surface area contributed by atoms with Gasteiger partial charge in [-0.1, -0.05) is 6.07 Å². The van der Waals surface area contributed by atoms with E-state index in [4.69, 9.17) is 10.5 Å². The van der Waals surface area contributed by atoms with Gasteiger partial charge in [0.1, 0.15) is 5.60 Å². The Morgan fingerprint density at radius 1 is 1.53 bits per heavy atom. The SMILES string of the molecule is Cc1c(N)cccc1S(=O)(=O)NCC1(O)CCOC1. The van der Waals surface area contributed by atoms with E-state index in [9.17, 15) is 13.5 Å². The molecule has 0 saturated carbocycles. The summed E-state index contributed by atoms with van der Waals surface area (Å²) in [5.41, 5.74) is 5.50. The lowest BCUT2D eigenvalue weighted by atomic mass is 10.1. The van der Waals surface area contributed by atoms with Gasteiger partial charge in [0.25, 0.3) is 0 Å². The highest BCUT2D eigenvalue weighted by atomic mass is 32.2. The first kappa shape index (κ1) is 14.3. The lowest BCUT2D eigenvalue weighted by molar-refractivity contribution is 0.0314. The quantitative estimate of drug-likeness (QED) is 0.677. The number of sulfonamides is 1. The minimum Gasteiger partial charge on any atom is -0.398 e. The predicted octanol–water partition coefficient (Wildman–Crippen LogP) is 0.00692. The summed E-state index contributed by atoms with van der Waals surface area (Å²) in [7, 11) is -3.68. The van der Waals surface area contributed by atoms with Crippen molar-refractivity contribution in [2.75, 3.05) is 25.5 Å². The Balaban J connectivity index is 2.16. The lowest BCUT2D eigenvalue weighted by Gasteiger charge is -2.21. The lowest BCUT2D eigenvalue weighted by Crippen LogP contribution is -2.43. The standard InChI is InChI=1S/C12H18N2O4S/c1-9-10(13)3-2-4-11(9)19(16,17)14-7-12(15)5-6-18-8-12/h2-4,14-15H,5-8,13H2,1H3. The van der Waals surface area contributed by atoms with Crippen LogP contribution in [-0.2, 0) is 14.8 Å². The molecule has 0 radical (unpaired) electrons. The van der Waals surface area contributed by atoms with Gasteiger partial charge >= 0.3 is 0 Å².